The molecule has 0 amide bonds. The van der Waals surface area contributed by atoms with Gasteiger partial charge in [0, 0.05) is 0 Å². The number of nitrogens with two attached hydrogens (primary N) is 1. The number of carbonyl (C=O) groups is 2. The van der Waals surface area contributed by atoms with E-state index in [0.717, 1.165) is 0 Å². The lowest BCUT2D eigenvalue weighted by atomic mass is 9.98. The predicted molar refractivity (Wildman–Crippen MR) is 52.5 cm³/mol. The first-order valence-corrected chi connectivity index (χ1v) is 4.23. The minimum atomic E-state index is -1.02. The Bertz CT molecular complexity index is 426. The third-order valence-electron chi connectivity index (χ3n) is 2.34. The summed E-state index contributed by atoms with van der Waals surface area (Å²) >= 11 is 0. The molecule has 0 saturated carbocycles. The molecule has 0 aliphatic rings. The molecule has 0 aliphatic heterocycles. The summed E-state index contributed by atoms with van der Waals surface area (Å²) in [6, 6.07) is 2.75. The highest BCUT2D eigenvalue weighted by atomic mass is 16.7. The molecule has 0 aliphatic carbocycles. The van der Waals surface area contributed by atoms with Crippen LogP contribution in [-0.4, -0.2) is 17.0 Å². The van der Waals surface area contributed by atoms with E-state index in [-0.39, 0.29) is 11.1 Å². The average Bonchev–Trinajstić information content (AvgIpc) is 2.20. The van der Waals surface area contributed by atoms with Gasteiger partial charge in [0.1, 0.15) is 0 Å². The third-order valence-corrected chi connectivity index (χ3v) is 2.34. The van der Waals surface area contributed by atoms with Crippen molar-refractivity contribution in [2.45, 2.75) is 13.8 Å². The van der Waals surface area contributed by atoms with Crippen LogP contribution >= 0.6 is 0 Å². The van der Waals surface area contributed by atoms with Crippen molar-refractivity contribution in [2.75, 3.05) is 0 Å². The van der Waals surface area contributed by atoms with Crippen molar-refractivity contribution in [3.05, 3.63) is 34.4 Å². The molecule has 1 aromatic carbocycles. The molecular formula is C10H11NO4. The number of carboxylic acid groups (broad SMARTS) is 1. The molecule has 0 radical (unpaired) electrons. The van der Waals surface area contributed by atoms with E-state index in [0.29, 0.717) is 11.1 Å². The Morgan fingerprint density at radius 2 is 1.67 bits per heavy atom. The standard InChI is InChI=1S/C10H11NO4/c1-5-6(2)8(10(14)15-11)4-3-7(5)9(12)13/h3-4H,11H2,1-2H3,(H,12,13). The van der Waals surface area contributed by atoms with Crippen LogP contribution in [0.5, 0.6) is 0 Å². The van der Waals surface area contributed by atoms with E-state index >= 15 is 0 Å². The van der Waals surface area contributed by atoms with Gasteiger partial charge in [-0.3, -0.25) is 0 Å². The van der Waals surface area contributed by atoms with Gasteiger partial charge in [0.15, 0.2) is 0 Å². The predicted octanol–water partition coefficient (Wildman–Crippen LogP) is 1.03. The molecule has 80 valence electrons. The summed E-state index contributed by atoms with van der Waals surface area (Å²) in [5, 5.41) is 8.84. The van der Waals surface area contributed by atoms with Gasteiger partial charge in [0.05, 0.1) is 11.1 Å². The van der Waals surface area contributed by atoms with E-state index in [1.807, 2.05) is 0 Å². The van der Waals surface area contributed by atoms with Gasteiger partial charge in [-0.25, -0.2) is 9.59 Å². The number of aromatic carboxylic acids is 1. The highest BCUT2D eigenvalue weighted by molar-refractivity contribution is 5.95. The Labute approximate surface area is 86.4 Å². The van der Waals surface area contributed by atoms with Crippen molar-refractivity contribution in [3.8, 4) is 0 Å². The number of carbonyl (C=O) groups excluding carboxylic acids is 1. The first kappa shape index (κ1) is 11.2. The maximum Gasteiger partial charge on any atom is 0.356 e. The fourth-order valence-corrected chi connectivity index (χ4v) is 1.34. The summed E-state index contributed by atoms with van der Waals surface area (Å²) in [4.78, 5) is 26.0. The lowest BCUT2D eigenvalue weighted by molar-refractivity contribution is 0.0501. The van der Waals surface area contributed by atoms with E-state index in [4.69, 9.17) is 11.0 Å². The Kier molecular flexibility index (Phi) is 3.06. The minimum absolute atomic E-state index is 0.168. The molecule has 0 spiro atoms. The van der Waals surface area contributed by atoms with Crippen LogP contribution in [-0.2, 0) is 4.84 Å². The van der Waals surface area contributed by atoms with Crippen LogP contribution in [0.4, 0.5) is 0 Å². The molecule has 0 bridgehead atoms. The van der Waals surface area contributed by atoms with Crippen molar-refractivity contribution < 1.29 is 19.5 Å². The Hall–Kier alpha value is -1.88. The van der Waals surface area contributed by atoms with Crippen molar-refractivity contribution in [1.29, 1.82) is 0 Å². The van der Waals surface area contributed by atoms with E-state index in [9.17, 15) is 9.59 Å². The molecule has 1 rings (SSSR count). The number of carboxylic acids is 1. The van der Waals surface area contributed by atoms with Crippen LogP contribution in [0.3, 0.4) is 0 Å². The zero-order chi connectivity index (χ0) is 11.6. The highest BCUT2D eigenvalue weighted by Crippen LogP contribution is 2.18. The monoisotopic (exact) mass is 209 g/mol. The molecule has 0 heterocycles. The summed E-state index contributed by atoms with van der Waals surface area (Å²) < 4.78 is 0. The number of benzene rings is 1. The molecule has 5 nitrogen and oxygen atoms in total. The second kappa shape index (κ2) is 4.10. The summed E-state index contributed by atoms with van der Waals surface area (Å²) in [6.45, 7) is 3.28. The number of rotatable bonds is 2. The summed E-state index contributed by atoms with van der Waals surface area (Å²) in [5.41, 5.74) is 1.54. The van der Waals surface area contributed by atoms with Gasteiger partial charge in [-0.15, -0.1) is 0 Å². The van der Waals surface area contributed by atoms with Gasteiger partial charge < -0.3 is 9.94 Å². The Balaban J connectivity index is 3.33. The molecule has 3 N–H and O–H groups in total. The molecule has 0 fully saturated rings. The van der Waals surface area contributed by atoms with Gasteiger partial charge >= 0.3 is 11.9 Å². The topological polar surface area (TPSA) is 89.6 Å². The van der Waals surface area contributed by atoms with Crippen LogP contribution < -0.4 is 5.90 Å². The van der Waals surface area contributed by atoms with E-state index in [1.54, 1.807) is 13.8 Å². The number of hydrogen-bond acceptors (Lipinski definition) is 4. The van der Waals surface area contributed by atoms with Crippen molar-refractivity contribution in [2.24, 2.45) is 5.90 Å². The molecule has 5 heteroatoms. The smallest absolute Gasteiger partial charge is 0.356 e. The van der Waals surface area contributed by atoms with Gasteiger partial charge in [0.2, 0.25) is 0 Å². The first-order valence-electron chi connectivity index (χ1n) is 4.23. The minimum Gasteiger partial charge on any atom is -0.478 e. The van der Waals surface area contributed by atoms with Crippen LogP contribution in [0.1, 0.15) is 31.8 Å². The Morgan fingerprint density at radius 1 is 1.20 bits per heavy atom. The van der Waals surface area contributed by atoms with Crippen LogP contribution in [0.2, 0.25) is 0 Å². The van der Waals surface area contributed by atoms with Crippen LogP contribution in [0.25, 0.3) is 0 Å². The second-order valence-corrected chi connectivity index (χ2v) is 3.12. The Morgan fingerprint density at radius 3 is 2.13 bits per heavy atom. The molecule has 15 heavy (non-hydrogen) atoms. The van der Waals surface area contributed by atoms with Gasteiger partial charge in [-0.05, 0) is 37.1 Å². The van der Waals surface area contributed by atoms with E-state index in [1.165, 1.54) is 12.1 Å². The van der Waals surface area contributed by atoms with Crippen LogP contribution in [0, 0.1) is 13.8 Å². The SMILES string of the molecule is Cc1c(C(=O)O)ccc(C(=O)ON)c1C. The molecular weight excluding hydrogens is 198 g/mol. The maximum absolute atomic E-state index is 11.2. The van der Waals surface area contributed by atoms with Crippen molar-refractivity contribution >= 4 is 11.9 Å². The molecule has 1 aromatic rings. The summed E-state index contributed by atoms with van der Waals surface area (Å²) in [5.74, 6) is 3.06. The fraction of sp³-hybridized carbons (Fsp3) is 0.200. The zero-order valence-corrected chi connectivity index (χ0v) is 8.40. The zero-order valence-electron chi connectivity index (χ0n) is 8.40. The highest BCUT2D eigenvalue weighted by Gasteiger charge is 2.16. The second-order valence-electron chi connectivity index (χ2n) is 3.12. The maximum atomic E-state index is 11.2. The average molecular weight is 209 g/mol. The van der Waals surface area contributed by atoms with Crippen LogP contribution in [0.15, 0.2) is 12.1 Å². The molecule has 0 unspecified atom stereocenters. The molecule has 0 aromatic heterocycles. The third kappa shape index (κ3) is 1.97. The first-order chi connectivity index (χ1) is 6.99. The van der Waals surface area contributed by atoms with E-state index < -0.39 is 11.9 Å². The lowest BCUT2D eigenvalue weighted by Gasteiger charge is -2.08. The summed E-state index contributed by atoms with van der Waals surface area (Å²) in [6.07, 6.45) is 0. The normalized spacial score (nSPS) is 9.80. The fourth-order valence-electron chi connectivity index (χ4n) is 1.34. The van der Waals surface area contributed by atoms with Crippen molar-refractivity contribution in [1.82, 2.24) is 0 Å². The quantitative estimate of drug-likeness (QED) is 0.710. The van der Waals surface area contributed by atoms with E-state index in [2.05, 4.69) is 4.84 Å². The lowest BCUT2D eigenvalue weighted by Crippen LogP contribution is -2.13. The molecule has 0 atom stereocenters. The molecule has 0 saturated heterocycles. The largest absolute Gasteiger partial charge is 0.478 e. The number of hydrogen-bond donors (Lipinski definition) is 2. The van der Waals surface area contributed by atoms with Gasteiger partial charge in [-0.2, -0.15) is 5.90 Å². The van der Waals surface area contributed by atoms with Gasteiger partial charge in [-0.1, -0.05) is 0 Å². The van der Waals surface area contributed by atoms with Gasteiger partial charge in [0.25, 0.3) is 0 Å². The summed E-state index contributed by atoms with van der Waals surface area (Å²) in [7, 11) is 0. The van der Waals surface area contributed by atoms with Crippen molar-refractivity contribution in [3.63, 3.8) is 0 Å².